The highest BCUT2D eigenvalue weighted by atomic mass is 35.5. The van der Waals surface area contributed by atoms with Gasteiger partial charge in [-0.1, -0.05) is 19.0 Å². The fraction of sp³-hybridized carbons (Fsp3) is 0.500. The third kappa shape index (κ3) is 1.64. The Balaban J connectivity index is 0.000000810. The summed E-state index contributed by atoms with van der Waals surface area (Å²) in [5.74, 6) is 1.10. The van der Waals surface area contributed by atoms with Crippen LogP contribution in [0.5, 0.6) is 0 Å². The van der Waals surface area contributed by atoms with Gasteiger partial charge in [0.25, 0.3) is 0 Å². The summed E-state index contributed by atoms with van der Waals surface area (Å²) in [7, 11) is 0. The molecule has 10 heavy (non-hydrogen) atoms. The van der Waals surface area contributed by atoms with Gasteiger partial charge in [0, 0.05) is 5.92 Å². The van der Waals surface area contributed by atoms with Gasteiger partial charge < -0.3 is 10.3 Å². The largest absolute Gasteiger partial charge is 0.395 e. The van der Waals surface area contributed by atoms with E-state index in [0.29, 0.717) is 11.6 Å². The Kier molecular flexibility index (Phi) is 3.22. The lowest BCUT2D eigenvalue weighted by Gasteiger charge is -1.96. The maximum Gasteiger partial charge on any atom is 0.162 e. The minimum atomic E-state index is 0. The van der Waals surface area contributed by atoms with E-state index in [1.54, 1.807) is 0 Å². The molecule has 0 bridgehead atoms. The molecule has 0 fully saturated rings. The molecule has 0 amide bonds. The van der Waals surface area contributed by atoms with E-state index in [1.165, 1.54) is 6.20 Å². The number of rotatable bonds is 1. The van der Waals surface area contributed by atoms with Crippen LogP contribution in [0.15, 0.2) is 10.7 Å². The second kappa shape index (κ2) is 3.46. The van der Waals surface area contributed by atoms with Crippen molar-refractivity contribution in [2.45, 2.75) is 19.8 Å². The number of halogens is 1. The minimum absolute atomic E-state index is 0. The van der Waals surface area contributed by atoms with Crippen LogP contribution in [0.1, 0.15) is 25.5 Å². The molecule has 58 valence electrons. The fourth-order valence-corrected chi connectivity index (χ4v) is 0.695. The van der Waals surface area contributed by atoms with Gasteiger partial charge in [-0.05, 0) is 0 Å². The Morgan fingerprint density at radius 1 is 1.60 bits per heavy atom. The number of anilines is 1. The van der Waals surface area contributed by atoms with Crippen molar-refractivity contribution in [2.75, 3.05) is 5.73 Å². The lowest BCUT2D eigenvalue weighted by Crippen LogP contribution is -1.90. The average molecular weight is 163 g/mol. The van der Waals surface area contributed by atoms with Crippen LogP contribution in [0.2, 0.25) is 0 Å². The number of nitrogens with zero attached hydrogens (tertiary/aromatic N) is 1. The molecule has 0 saturated carbocycles. The average Bonchev–Trinajstić information content (AvgIpc) is 2.13. The quantitative estimate of drug-likeness (QED) is 0.685. The number of nitrogens with two attached hydrogens (primary N) is 1. The Morgan fingerprint density at radius 3 is 2.40 bits per heavy atom. The smallest absolute Gasteiger partial charge is 0.162 e. The molecule has 0 aliphatic heterocycles. The van der Waals surface area contributed by atoms with Crippen molar-refractivity contribution in [3.05, 3.63) is 12.0 Å². The molecular weight excluding hydrogens is 152 g/mol. The number of hydrogen-bond donors (Lipinski definition) is 1. The van der Waals surface area contributed by atoms with Crippen molar-refractivity contribution >= 4 is 18.1 Å². The third-order valence-electron chi connectivity index (χ3n) is 1.15. The van der Waals surface area contributed by atoms with Gasteiger partial charge in [-0.2, -0.15) is 0 Å². The van der Waals surface area contributed by atoms with Gasteiger partial charge in [0.15, 0.2) is 5.76 Å². The first-order valence-electron chi connectivity index (χ1n) is 2.92. The molecule has 0 spiro atoms. The third-order valence-corrected chi connectivity index (χ3v) is 1.15. The fourth-order valence-electron chi connectivity index (χ4n) is 0.695. The molecule has 0 aromatic carbocycles. The van der Waals surface area contributed by atoms with E-state index in [1.807, 2.05) is 13.8 Å². The first-order chi connectivity index (χ1) is 4.22. The van der Waals surface area contributed by atoms with E-state index in [0.717, 1.165) is 5.76 Å². The second-order valence-corrected chi connectivity index (χ2v) is 2.30. The van der Waals surface area contributed by atoms with Crippen LogP contribution < -0.4 is 5.73 Å². The lowest BCUT2D eigenvalue weighted by molar-refractivity contribution is 0.372. The maximum absolute atomic E-state index is 5.49. The first-order valence-corrected chi connectivity index (χ1v) is 2.92. The van der Waals surface area contributed by atoms with Gasteiger partial charge in [-0.15, -0.1) is 12.4 Å². The van der Waals surface area contributed by atoms with Crippen LogP contribution in [-0.2, 0) is 0 Å². The highest BCUT2D eigenvalue weighted by Crippen LogP contribution is 2.19. The summed E-state index contributed by atoms with van der Waals surface area (Å²) < 4.78 is 4.85. The molecule has 1 rings (SSSR count). The van der Waals surface area contributed by atoms with Gasteiger partial charge >= 0.3 is 0 Å². The van der Waals surface area contributed by atoms with Crippen molar-refractivity contribution in [3.63, 3.8) is 0 Å². The Hall–Kier alpha value is -0.700. The second-order valence-electron chi connectivity index (χ2n) is 2.30. The summed E-state index contributed by atoms with van der Waals surface area (Å²) in [4.78, 5) is 0. The Morgan fingerprint density at radius 2 is 2.20 bits per heavy atom. The molecule has 0 aliphatic carbocycles. The van der Waals surface area contributed by atoms with Crippen LogP contribution in [0.4, 0.5) is 5.69 Å². The zero-order valence-corrected chi connectivity index (χ0v) is 6.81. The summed E-state index contributed by atoms with van der Waals surface area (Å²) in [5.41, 5.74) is 6.13. The van der Waals surface area contributed by atoms with E-state index >= 15 is 0 Å². The normalized spacial score (nSPS) is 9.50. The molecule has 1 heterocycles. The number of aromatic nitrogens is 1. The van der Waals surface area contributed by atoms with E-state index in [2.05, 4.69) is 5.16 Å². The molecule has 2 N–H and O–H groups in total. The lowest BCUT2D eigenvalue weighted by atomic mass is 10.1. The summed E-state index contributed by atoms with van der Waals surface area (Å²) >= 11 is 0. The van der Waals surface area contributed by atoms with Crippen molar-refractivity contribution in [3.8, 4) is 0 Å². The predicted molar refractivity (Wildman–Crippen MR) is 42.3 cm³/mol. The monoisotopic (exact) mass is 162 g/mol. The van der Waals surface area contributed by atoms with Crippen molar-refractivity contribution in [1.29, 1.82) is 0 Å². The van der Waals surface area contributed by atoms with Crippen LogP contribution in [0, 0.1) is 0 Å². The zero-order valence-electron chi connectivity index (χ0n) is 6.00. The molecule has 0 radical (unpaired) electrons. The highest BCUT2D eigenvalue weighted by molar-refractivity contribution is 5.85. The van der Waals surface area contributed by atoms with Gasteiger partial charge in [-0.3, -0.25) is 0 Å². The van der Waals surface area contributed by atoms with Gasteiger partial charge in [0.05, 0.1) is 11.9 Å². The molecule has 3 nitrogen and oxygen atoms in total. The SMILES string of the molecule is CC(C)c1oncc1N.Cl. The zero-order chi connectivity index (χ0) is 6.85. The predicted octanol–water partition coefficient (Wildman–Crippen LogP) is 1.80. The number of nitrogen functional groups attached to an aromatic ring is 1. The summed E-state index contributed by atoms with van der Waals surface area (Å²) in [6.07, 6.45) is 1.52. The molecule has 4 heteroatoms. The first kappa shape index (κ1) is 9.30. The van der Waals surface area contributed by atoms with Crippen LogP contribution in [0.3, 0.4) is 0 Å². The Labute approximate surface area is 66.0 Å². The molecule has 0 atom stereocenters. The van der Waals surface area contributed by atoms with E-state index in [-0.39, 0.29) is 12.4 Å². The van der Waals surface area contributed by atoms with Gasteiger partial charge in [0.1, 0.15) is 0 Å². The molecule has 0 aliphatic rings. The van der Waals surface area contributed by atoms with Gasteiger partial charge in [-0.25, -0.2) is 0 Å². The van der Waals surface area contributed by atoms with E-state index < -0.39 is 0 Å². The van der Waals surface area contributed by atoms with Crippen LogP contribution in [-0.4, -0.2) is 5.16 Å². The van der Waals surface area contributed by atoms with Crippen molar-refractivity contribution < 1.29 is 4.52 Å². The maximum atomic E-state index is 5.49. The van der Waals surface area contributed by atoms with E-state index in [9.17, 15) is 0 Å². The standard InChI is InChI=1S/C6H10N2O.ClH/c1-4(2)6-5(7)3-8-9-6;/h3-4H,7H2,1-2H3;1H. The summed E-state index contributed by atoms with van der Waals surface area (Å²) in [5, 5.41) is 3.54. The number of hydrogen-bond acceptors (Lipinski definition) is 3. The molecule has 0 unspecified atom stereocenters. The molecular formula is C6H11ClN2O. The highest BCUT2D eigenvalue weighted by Gasteiger charge is 2.07. The minimum Gasteiger partial charge on any atom is -0.395 e. The summed E-state index contributed by atoms with van der Waals surface area (Å²) in [6, 6.07) is 0. The summed E-state index contributed by atoms with van der Waals surface area (Å²) in [6.45, 7) is 4.02. The molecule has 1 aromatic heterocycles. The van der Waals surface area contributed by atoms with Gasteiger partial charge in [0.2, 0.25) is 0 Å². The molecule has 1 aromatic rings. The topological polar surface area (TPSA) is 52.0 Å². The van der Waals surface area contributed by atoms with Crippen molar-refractivity contribution in [2.24, 2.45) is 0 Å². The molecule has 0 saturated heterocycles. The van der Waals surface area contributed by atoms with Crippen LogP contribution in [0.25, 0.3) is 0 Å². The Bertz CT molecular complexity index is 197. The van der Waals surface area contributed by atoms with E-state index in [4.69, 9.17) is 10.3 Å². The van der Waals surface area contributed by atoms with Crippen LogP contribution >= 0.6 is 12.4 Å². The van der Waals surface area contributed by atoms with Crippen molar-refractivity contribution in [1.82, 2.24) is 5.16 Å².